The number of ketones is 1. The summed E-state index contributed by atoms with van der Waals surface area (Å²) >= 11 is 0. The molecule has 0 atom stereocenters. The molecule has 0 unspecified atom stereocenters. The summed E-state index contributed by atoms with van der Waals surface area (Å²) in [5.41, 5.74) is -0.0730. The fourth-order valence-electron chi connectivity index (χ4n) is 2.69. The Morgan fingerprint density at radius 3 is 2.78 bits per heavy atom. The Kier molecular flexibility index (Phi) is 5.08. The van der Waals surface area contributed by atoms with Crippen LogP contribution in [0.25, 0.3) is 11.0 Å². The van der Waals surface area contributed by atoms with Gasteiger partial charge in [0.2, 0.25) is 15.9 Å². The van der Waals surface area contributed by atoms with Gasteiger partial charge in [0.05, 0.1) is 35.1 Å². The molecule has 0 fully saturated rings. The number of H-pyrrole nitrogens is 1. The summed E-state index contributed by atoms with van der Waals surface area (Å²) in [5, 5.41) is 0.321. The van der Waals surface area contributed by atoms with Crippen LogP contribution in [0.1, 0.15) is 29.3 Å². The Bertz CT molecular complexity index is 1110. The molecule has 27 heavy (non-hydrogen) atoms. The van der Waals surface area contributed by atoms with Gasteiger partial charge in [-0.05, 0) is 18.6 Å². The second kappa shape index (κ2) is 7.31. The van der Waals surface area contributed by atoms with Crippen molar-refractivity contribution in [3.05, 3.63) is 47.7 Å². The van der Waals surface area contributed by atoms with E-state index in [0.717, 1.165) is 0 Å². The first kappa shape index (κ1) is 18.8. The van der Waals surface area contributed by atoms with Crippen LogP contribution in [0, 0.1) is 5.82 Å². The fourth-order valence-corrected chi connectivity index (χ4v) is 3.82. The second-order valence-corrected chi connectivity index (χ2v) is 7.57. The zero-order valence-electron chi connectivity index (χ0n) is 14.6. The van der Waals surface area contributed by atoms with Gasteiger partial charge in [0.25, 0.3) is 0 Å². The summed E-state index contributed by atoms with van der Waals surface area (Å²) < 4.78 is 46.0. The number of methoxy groups -OCH3 is 1. The summed E-state index contributed by atoms with van der Waals surface area (Å²) in [6.07, 6.45) is 3.04. The topological polar surface area (TPSA) is 114 Å². The third-order valence-electron chi connectivity index (χ3n) is 3.85. The van der Waals surface area contributed by atoms with Crippen molar-refractivity contribution in [1.82, 2.24) is 15.0 Å². The number of carbonyl (C=O) groups is 1. The monoisotopic (exact) mass is 392 g/mol. The van der Waals surface area contributed by atoms with Crippen molar-refractivity contribution in [3.63, 3.8) is 0 Å². The molecule has 0 amide bonds. The number of benzene rings is 1. The first-order valence-corrected chi connectivity index (χ1v) is 9.73. The van der Waals surface area contributed by atoms with Crippen molar-refractivity contribution in [3.8, 4) is 5.88 Å². The Morgan fingerprint density at radius 2 is 2.07 bits per heavy atom. The molecule has 1 aromatic carbocycles. The number of carbonyl (C=O) groups excluding carboxylic acids is 1. The molecule has 0 saturated heterocycles. The molecule has 2 N–H and O–H groups in total. The van der Waals surface area contributed by atoms with E-state index < -0.39 is 21.6 Å². The van der Waals surface area contributed by atoms with Gasteiger partial charge in [-0.3, -0.25) is 9.52 Å². The van der Waals surface area contributed by atoms with E-state index in [0.29, 0.717) is 17.5 Å². The van der Waals surface area contributed by atoms with Crippen molar-refractivity contribution in [2.75, 3.05) is 17.6 Å². The lowest BCUT2D eigenvalue weighted by atomic mass is 10.0. The number of anilines is 1. The molecule has 0 aliphatic rings. The predicted octanol–water partition coefficient (Wildman–Crippen LogP) is 2.49. The van der Waals surface area contributed by atoms with Gasteiger partial charge in [-0.25, -0.2) is 22.8 Å². The molecule has 0 radical (unpaired) electrons. The maximum atomic E-state index is 14.8. The minimum absolute atomic E-state index is 0.120. The molecule has 142 valence electrons. The van der Waals surface area contributed by atoms with Crippen LogP contribution in [-0.4, -0.2) is 42.0 Å². The van der Waals surface area contributed by atoms with Gasteiger partial charge >= 0.3 is 0 Å². The number of fused-ring (bicyclic) bond motifs is 1. The molecule has 2 aromatic heterocycles. The summed E-state index contributed by atoms with van der Waals surface area (Å²) in [5.74, 6) is -1.58. The van der Waals surface area contributed by atoms with Gasteiger partial charge in [-0.15, -0.1) is 0 Å². The maximum absolute atomic E-state index is 14.8. The Hall–Kier alpha value is -3.01. The second-order valence-electron chi connectivity index (χ2n) is 5.73. The fraction of sp³-hybridized carbons (Fsp3) is 0.235. The van der Waals surface area contributed by atoms with Crippen LogP contribution < -0.4 is 9.46 Å². The number of hydrogen-bond acceptors (Lipinski definition) is 6. The van der Waals surface area contributed by atoms with E-state index in [4.69, 9.17) is 4.74 Å². The van der Waals surface area contributed by atoms with E-state index >= 15 is 0 Å². The first-order valence-electron chi connectivity index (χ1n) is 8.07. The van der Waals surface area contributed by atoms with Crippen LogP contribution in [0.5, 0.6) is 5.88 Å². The Morgan fingerprint density at radius 1 is 1.30 bits per heavy atom. The lowest BCUT2D eigenvalue weighted by Gasteiger charge is -2.10. The van der Waals surface area contributed by atoms with E-state index in [9.17, 15) is 17.6 Å². The van der Waals surface area contributed by atoms with Crippen molar-refractivity contribution in [2.24, 2.45) is 0 Å². The standard InChI is InChI=1S/C17H17FN4O4S/c1-3-7-27(24,25)22-12-6-4-5-10(14(12)18)15(23)11-8-19-16-13(11)17(26-2)21-9-20-16/h4-6,8-9,22H,3,7H2,1-2H3,(H,19,20,21). The van der Waals surface area contributed by atoms with Gasteiger partial charge in [-0.1, -0.05) is 13.0 Å². The van der Waals surface area contributed by atoms with Gasteiger partial charge < -0.3 is 9.72 Å². The normalized spacial score (nSPS) is 11.5. The minimum atomic E-state index is -3.70. The molecule has 0 aliphatic carbocycles. The number of aromatic nitrogens is 3. The largest absolute Gasteiger partial charge is 0.480 e. The van der Waals surface area contributed by atoms with Crippen LogP contribution >= 0.6 is 0 Å². The third kappa shape index (κ3) is 3.61. The number of rotatable bonds is 7. The van der Waals surface area contributed by atoms with E-state index in [2.05, 4.69) is 19.7 Å². The molecule has 8 nitrogen and oxygen atoms in total. The molecule has 2 heterocycles. The average molecular weight is 392 g/mol. The van der Waals surface area contributed by atoms with Crippen molar-refractivity contribution in [1.29, 1.82) is 0 Å². The van der Waals surface area contributed by atoms with E-state index in [-0.39, 0.29) is 28.4 Å². The van der Waals surface area contributed by atoms with Gasteiger partial charge in [0.1, 0.15) is 12.0 Å². The number of nitrogens with one attached hydrogen (secondary N) is 2. The van der Waals surface area contributed by atoms with Crippen LogP contribution in [0.2, 0.25) is 0 Å². The highest BCUT2D eigenvalue weighted by Gasteiger charge is 2.23. The maximum Gasteiger partial charge on any atom is 0.232 e. The van der Waals surface area contributed by atoms with Gasteiger partial charge in [-0.2, -0.15) is 0 Å². The van der Waals surface area contributed by atoms with Crippen molar-refractivity contribution >= 4 is 32.5 Å². The number of aromatic amines is 1. The average Bonchev–Trinajstić information content (AvgIpc) is 3.07. The molecular weight excluding hydrogens is 375 g/mol. The van der Waals surface area contributed by atoms with Crippen LogP contribution in [-0.2, 0) is 10.0 Å². The molecule has 0 saturated carbocycles. The first-order chi connectivity index (χ1) is 12.9. The summed E-state index contributed by atoms with van der Waals surface area (Å²) in [7, 11) is -2.30. The van der Waals surface area contributed by atoms with E-state index in [1.807, 2.05) is 0 Å². The molecule has 0 aliphatic heterocycles. The minimum Gasteiger partial charge on any atom is -0.480 e. The molecule has 0 bridgehead atoms. The summed E-state index contributed by atoms with van der Waals surface area (Å²) in [6.45, 7) is 1.70. The van der Waals surface area contributed by atoms with Crippen LogP contribution in [0.4, 0.5) is 10.1 Å². The highest BCUT2D eigenvalue weighted by molar-refractivity contribution is 7.92. The highest BCUT2D eigenvalue weighted by Crippen LogP contribution is 2.29. The van der Waals surface area contributed by atoms with Crippen molar-refractivity contribution < 1.29 is 22.3 Å². The lowest BCUT2D eigenvalue weighted by Crippen LogP contribution is -2.18. The molecule has 3 aromatic rings. The lowest BCUT2D eigenvalue weighted by molar-refractivity contribution is 0.103. The van der Waals surface area contributed by atoms with Crippen molar-refractivity contribution in [2.45, 2.75) is 13.3 Å². The quantitative estimate of drug-likeness (QED) is 0.597. The SMILES string of the molecule is CCCS(=O)(=O)Nc1cccc(C(=O)c2c[nH]c3ncnc(OC)c23)c1F. The Balaban J connectivity index is 2.05. The number of halogens is 1. The van der Waals surface area contributed by atoms with Gasteiger partial charge in [0, 0.05) is 6.20 Å². The summed E-state index contributed by atoms with van der Waals surface area (Å²) in [6, 6.07) is 3.95. The number of hydrogen-bond donors (Lipinski definition) is 2. The van der Waals surface area contributed by atoms with Crippen LogP contribution in [0.15, 0.2) is 30.7 Å². The third-order valence-corrected chi connectivity index (χ3v) is 5.33. The number of nitrogens with zero attached hydrogens (tertiary/aromatic N) is 2. The smallest absolute Gasteiger partial charge is 0.232 e. The van der Waals surface area contributed by atoms with E-state index in [1.165, 1.54) is 37.8 Å². The highest BCUT2D eigenvalue weighted by atomic mass is 32.2. The Labute approximate surface area is 154 Å². The molecule has 0 spiro atoms. The molecular formula is C17H17FN4O4S. The zero-order chi connectivity index (χ0) is 19.6. The van der Waals surface area contributed by atoms with E-state index in [1.54, 1.807) is 6.92 Å². The predicted molar refractivity (Wildman–Crippen MR) is 98.0 cm³/mol. The molecule has 3 rings (SSSR count). The number of ether oxygens (including phenoxy) is 1. The summed E-state index contributed by atoms with van der Waals surface area (Å²) in [4.78, 5) is 23.7. The van der Waals surface area contributed by atoms with Crippen LogP contribution in [0.3, 0.4) is 0 Å². The van der Waals surface area contributed by atoms with Gasteiger partial charge in [0.15, 0.2) is 11.6 Å². The number of sulfonamides is 1. The zero-order valence-corrected chi connectivity index (χ0v) is 15.4. The molecule has 10 heteroatoms.